The lowest BCUT2D eigenvalue weighted by atomic mass is 10.1. The summed E-state index contributed by atoms with van der Waals surface area (Å²) in [5, 5.41) is 4.79. The van der Waals surface area contributed by atoms with Crippen molar-refractivity contribution in [2.24, 2.45) is 5.92 Å². The molecule has 1 aliphatic carbocycles. The van der Waals surface area contributed by atoms with Crippen LogP contribution in [0.25, 0.3) is 0 Å². The lowest BCUT2D eigenvalue weighted by molar-refractivity contribution is 0.644. The minimum atomic E-state index is 0.713. The van der Waals surface area contributed by atoms with Crippen molar-refractivity contribution in [3.63, 3.8) is 0 Å². The fourth-order valence-corrected chi connectivity index (χ4v) is 2.49. The van der Waals surface area contributed by atoms with Crippen LogP contribution in [0.2, 0.25) is 0 Å². The van der Waals surface area contributed by atoms with Crippen molar-refractivity contribution in [3.05, 3.63) is 16.1 Å². The van der Waals surface area contributed by atoms with Gasteiger partial charge in [-0.3, -0.25) is 0 Å². The maximum Gasteiger partial charge on any atom is 0.0930 e. The van der Waals surface area contributed by atoms with Gasteiger partial charge in [0.05, 0.1) is 5.01 Å². The van der Waals surface area contributed by atoms with Gasteiger partial charge in [-0.25, -0.2) is 4.98 Å². The van der Waals surface area contributed by atoms with Gasteiger partial charge in [0.25, 0.3) is 0 Å². The first-order chi connectivity index (χ1) is 6.74. The molecule has 1 saturated carbocycles. The molecule has 1 fully saturated rings. The third-order valence-electron chi connectivity index (χ3n) is 2.33. The Hall–Kier alpha value is -0.410. The van der Waals surface area contributed by atoms with Crippen LogP contribution in [0.3, 0.4) is 0 Å². The molecular weight excluding hydrogens is 192 g/mol. The van der Waals surface area contributed by atoms with E-state index >= 15 is 0 Å². The van der Waals surface area contributed by atoms with Gasteiger partial charge in [0.2, 0.25) is 0 Å². The van der Waals surface area contributed by atoms with Gasteiger partial charge in [-0.1, -0.05) is 13.8 Å². The number of hydrogen-bond acceptors (Lipinski definition) is 3. The van der Waals surface area contributed by atoms with Crippen LogP contribution >= 0.6 is 11.3 Å². The Labute approximate surface area is 89.8 Å². The van der Waals surface area contributed by atoms with E-state index in [1.54, 1.807) is 0 Å². The molecule has 2 rings (SSSR count). The quantitative estimate of drug-likeness (QED) is 0.808. The molecule has 0 spiro atoms. The lowest BCUT2D eigenvalue weighted by Gasteiger charge is -1.99. The number of rotatable bonds is 5. The largest absolute Gasteiger partial charge is 0.309 e. The number of hydrogen-bond donors (Lipinski definition) is 1. The van der Waals surface area contributed by atoms with Gasteiger partial charge < -0.3 is 5.32 Å². The molecule has 0 radical (unpaired) electrons. The smallest absolute Gasteiger partial charge is 0.0930 e. The van der Waals surface area contributed by atoms with Crippen molar-refractivity contribution < 1.29 is 0 Å². The number of nitrogens with zero attached hydrogens (tertiary/aromatic N) is 1. The van der Waals surface area contributed by atoms with Gasteiger partial charge in [-0.15, -0.1) is 11.3 Å². The van der Waals surface area contributed by atoms with E-state index in [1.165, 1.54) is 22.7 Å². The molecule has 0 aromatic carbocycles. The average Bonchev–Trinajstić information content (AvgIpc) is 2.84. The summed E-state index contributed by atoms with van der Waals surface area (Å²) < 4.78 is 0. The summed E-state index contributed by atoms with van der Waals surface area (Å²) in [5.74, 6) is 0.713. The fraction of sp³-hybridized carbons (Fsp3) is 0.727. The molecule has 0 saturated heterocycles. The summed E-state index contributed by atoms with van der Waals surface area (Å²) in [4.78, 5) is 5.82. The summed E-state index contributed by atoms with van der Waals surface area (Å²) >= 11 is 1.86. The molecule has 3 heteroatoms. The predicted octanol–water partition coefficient (Wildman–Crippen LogP) is 2.59. The van der Waals surface area contributed by atoms with Gasteiger partial charge in [0.1, 0.15) is 0 Å². The molecule has 0 bridgehead atoms. The van der Waals surface area contributed by atoms with Crippen molar-refractivity contribution in [3.8, 4) is 0 Å². The van der Waals surface area contributed by atoms with Crippen LogP contribution in [-0.4, -0.2) is 11.0 Å². The van der Waals surface area contributed by atoms with E-state index in [9.17, 15) is 0 Å². The Morgan fingerprint density at radius 3 is 3.00 bits per heavy atom. The first kappa shape index (κ1) is 10.1. The molecule has 0 aliphatic heterocycles. The van der Waals surface area contributed by atoms with Crippen molar-refractivity contribution in [1.82, 2.24) is 10.3 Å². The Morgan fingerprint density at radius 1 is 1.57 bits per heavy atom. The predicted molar refractivity (Wildman–Crippen MR) is 60.5 cm³/mol. The number of nitrogens with one attached hydrogen (secondary N) is 1. The standard InChI is InChI=1S/C11H18N2S/c1-8(2)5-11-13-7-10(14-11)6-12-9-3-4-9/h7-9,12H,3-6H2,1-2H3. The van der Waals surface area contributed by atoms with Crippen LogP contribution in [0.1, 0.15) is 36.6 Å². The van der Waals surface area contributed by atoms with Crippen LogP contribution in [0.4, 0.5) is 0 Å². The van der Waals surface area contributed by atoms with Crippen LogP contribution in [-0.2, 0) is 13.0 Å². The van der Waals surface area contributed by atoms with Crippen LogP contribution in [0.5, 0.6) is 0 Å². The Morgan fingerprint density at radius 2 is 2.36 bits per heavy atom. The summed E-state index contributed by atoms with van der Waals surface area (Å²) in [6.07, 6.45) is 5.86. The van der Waals surface area contributed by atoms with Crippen molar-refractivity contribution in [1.29, 1.82) is 0 Å². The van der Waals surface area contributed by atoms with E-state index < -0.39 is 0 Å². The third-order valence-corrected chi connectivity index (χ3v) is 3.35. The van der Waals surface area contributed by atoms with E-state index in [0.717, 1.165) is 19.0 Å². The zero-order chi connectivity index (χ0) is 9.97. The minimum Gasteiger partial charge on any atom is -0.309 e. The maximum atomic E-state index is 4.43. The highest BCUT2D eigenvalue weighted by atomic mass is 32.1. The maximum absolute atomic E-state index is 4.43. The van der Waals surface area contributed by atoms with E-state index in [2.05, 4.69) is 24.1 Å². The van der Waals surface area contributed by atoms with E-state index in [1.807, 2.05) is 17.5 Å². The SMILES string of the molecule is CC(C)Cc1ncc(CNC2CC2)s1. The first-order valence-corrected chi connectivity index (χ1v) is 6.22. The van der Waals surface area contributed by atoms with Crippen molar-refractivity contribution in [2.45, 2.75) is 45.7 Å². The van der Waals surface area contributed by atoms with Crippen molar-refractivity contribution in [2.75, 3.05) is 0 Å². The number of aromatic nitrogens is 1. The van der Waals surface area contributed by atoms with E-state index in [-0.39, 0.29) is 0 Å². The molecule has 0 amide bonds. The second kappa shape index (κ2) is 4.41. The lowest BCUT2D eigenvalue weighted by Crippen LogP contribution is -2.14. The highest BCUT2D eigenvalue weighted by Gasteiger charge is 2.20. The summed E-state index contributed by atoms with van der Waals surface area (Å²) in [6, 6.07) is 0.797. The highest BCUT2D eigenvalue weighted by Crippen LogP contribution is 2.21. The molecule has 1 heterocycles. The second-order valence-electron chi connectivity index (χ2n) is 4.47. The molecule has 1 N–H and O–H groups in total. The number of thiazole rings is 1. The molecule has 1 aliphatic rings. The third kappa shape index (κ3) is 3.07. The topological polar surface area (TPSA) is 24.9 Å². The highest BCUT2D eigenvalue weighted by molar-refractivity contribution is 7.11. The Kier molecular flexibility index (Phi) is 3.19. The Balaban J connectivity index is 1.81. The molecule has 1 aromatic rings. The fourth-order valence-electron chi connectivity index (χ4n) is 1.41. The molecule has 1 aromatic heterocycles. The molecule has 78 valence electrons. The van der Waals surface area contributed by atoms with Crippen LogP contribution in [0.15, 0.2) is 6.20 Å². The molecular formula is C11H18N2S. The molecule has 2 nitrogen and oxygen atoms in total. The first-order valence-electron chi connectivity index (χ1n) is 5.41. The zero-order valence-corrected chi connectivity index (χ0v) is 9.73. The van der Waals surface area contributed by atoms with E-state index in [0.29, 0.717) is 5.92 Å². The van der Waals surface area contributed by atoms with Crippen LogP contribution < -0.4 is 5.32 Å². The molecule has 14 heavy (non-hydrogen) atoms. The second-order valence-corrected chi connectivity index (χ2v) is 5.67. The summed E-state index contributed by atoms with van der Waals surface area (Å²) in [6.45, 7) is 5.49. The molecule has 0 atom stereocenters. The minimum absolute atomic E-state index is 0.713. The zero-order valence-electron chi connectivity index (χ0n) is 8.92. The average molecular weight is 210 g/mol. The van der Waals surface area contributed by atoms with Crippen LogP contribution in [0, 0.1) is 5.92 Å². The molecule has 0 unspecified atom stereocenters. The van der Waals surface area contributed by atoms with Gasteiger partial charge in [-0.05, 0) is 18.8 Å². The van der Waals surface area contributed by atoms with Gasteiger partial charge in [-0.2, -0.15) is 0 Å². The normalized spacial score (nSPS) is 16.5. The van der Waals surface area contributed by atoms with E-state index in [4.69, 9.17) is 0 Å². The van der Waals surface area contributed by atoms with Gasteiger partial charge >= 0.3 is 0 Å². The Bertz CT molecular complexity index is 289. The van der Waals surface area contributed by atoms with Crippen molar-refractivity contribution >= 4 is 11.3 Å². The summed E-state index contributed by atoms with van der Waals surface area (Å²) in [7, 11) is 0. The van der Waals surface area contributed by atoms with Gasteiger partial charge in [0, 0.05) is 30.1 Å². The monoisotopic (exact) mass is 210 g/mol. The van der Waals surface area contributed by atoms with Gasteiger partial charge in [0.15, 0.2) is 0 Å². The summed E-state index contributed by atoms with van der Waals surface area (Å²) in [5.41, 5.74) is 0.